The van der Waals surface area contributed by atoms with E-state index < -0.39 is 0 Å². The van der Waals surface area contributed by atoms with Gasteiger partial charge in [-0.1, -0.05) is 5.92 Å². The molecule has 49 heavy (non-hydrogen) atoms. The standard InChI is InChI=1S/C15H12NO2.2C12H15N3.Os/c1-3-9-18-14-6-4-5-12(10-14)15-11-13(17-2)7-8-16-15;2*1-8-5-6-13-12(7-8)15-11(4)9(2)10(3)14-15;/h1,4,6-8,10-11H,9H2,2H3;2*5-7H,1-4H3;/q-1;;;+1. The number of aromatic nitrogens is 7. The molecule has 0 bridgehead atoms. The van der Waals surface area contributed by atoms with Gasteiger partial charge in [-0.15, -0.1) is 36.3 Å². The number of methoxy groups -OCH3 is 1. The van der Waals surface area contributed by atoms with Crippen molar-refractivity contribution in [2.75, 3.05) is 13.7 Å². The van der Waals surface area contributed by atoms with Crippen LogP contribution in [-0.4, -0.2) is 48.2 Å². The van der Waals surface area contributed by atoms with Crippen molar-refractivity contribution in [1.29, 1.82) is 0 Å². The van der Waals surface area contributed by atoms with E-state index in [4.69, 9.17) is 15.9 Å². The summed E-state index contributed by atoms with van der Waals surface area (Å²) in [5, 5.41) is 8.95. The average molecular weight is 831 g/mol. The maximum Gasteiger partial charge on any atom is 1.00 e. The molecular formula is C39H42N7O2Os. The first-order valence-electron chi connectivity index (χ1n) is 15.5. The molecule has 5 heterocycles. The van der Waals surface area contributed by atoms with Crippen LogP contribution in [0.5, 0.6) is 11.5 Å². The van der Waals surface area contributed by atoms with Crippen LogP contribution in [0.3, 0.4) is 0 Å². The molecule has 253 valence electrons. The smallest absolute Gasteiger partial charge is 0.500 e. The van der Waals surface area contributed by atoms with Gasteiger partial charge in [-0.05, 0) is 120 Å². The summed E-state index contributed by atoms with van der Waals surface area (Å²) in [6.07, 6.45) is 10.5. The van der Waals surface area contributed by atoms with Gasteiger partial charge in [0.15, 0.2) is 11.6 Å². The SMILES string of the molecule is C#CCOc1cc[c-]c(-c2cc(OC)ccn2)c1.Cc1ccnc(-n2nc(C)c(C)c2C)c1.Cc1ccnc(-n2nc(C)c(C)c2C)c1.[Os+]. The van der Waals surface area contributed by atoms with Gasteiger partial charge in [-0.3, -0.25) is 0 Å². The summed E-state index contributed by atoms with van der Waals surface area (Å²) in [6.45, 7) is 16.7. The van der Waals surface area contributed by atoms with Crippen LogP contribution in [0.25, 0.3) is 22.9 Å². The van der Waals surface area contributed by atoms with E-state index in [-0.39, 0.29) is 26.4 Å². The van der Waals surface area contributed by atoms with E-state index in [2.05, 4.69) is 78.7 Å². The number of nitrogens with zero attached hydrogens (tertiary/aromatic N) is 7. The summed E-state index contributed by atoms with van der Waals surface area (Å²) >= 11 is 0. The zero-order valence-corrected chi connectivity index (χ0v) is 32.1. The first-order valence-corrected chi connectivity index (χ1v) is 15.5. The topological polar surface area (TPSA) is 92.8 Å². The van der Waals surface area contributed by atoms with Crippen LogP contribution in [0.4, 0.5) is 0 Å². The summed E-state index contributed by atoms with van der Waals surface area (Å²) < 4.78 is 14.3. The van der Waals surface area contributed by atoms with Crippen molar-refractivity contribution in [3.05, 3.63) is 124 Å². The molecule has 6 rings (SSSR count). The fourth-order valence-corrected chi connectivity index (χ4v) is 4.65. The number of benzene rings is 1. The zero-order chi connectivity index (χ0) is 34.8. The largest absolute Gasteiger partial charge is 1.00 e. The molecule has 1 radical (unpaired) electrons. The number of ether oxygens (including phenoxy) is 2. The van der Waals surface area contributed by atoms with Gasteiger partial charge in [0.2, 0.25) is 0 Å². The molecule has 0 atom stereocenters. The Kier molecular flexibility index (Phi) is 14.0. The van der Waals surface area contributed by atoms with Crippen molar-refractivity contribution < 1.29 is 29.3 Å². The molecule has 5 aromatic heterocycles. The molecule has 0 saturated heterocycles. The van der Waals surface area contributed by atoms with Gasteiger partial charge >= 0.3 is 19.8 Å². The second kappa shape index (κ2) is 17.9. The average Bonchev–Trinajstić information content (AvgIpc) is 3.51. The molecule has 6 aromatic rings. The van der Waals surface area contributed by atoms with Crippen LogP contribution in [0.15, 0.2) is 73.2 Å². The van der Waals surface area contributed by atoms with Crippen molar-refractivity contribution in [2.45, 2.75) is 55.4 Å². The van der Waals surface area contributed by atoms with Crippen LogP contribution in [0.1, 0.15) is 45.0 Å². The minimum atomic E-state index is 0. The fourth-order valence-electron chi connectivity index (χ4n) is 4.65. The molecule has 0 N–H and O–H groups in total. The first-order chi connectivity index (χ1) is 23.0. The van der Waals surface area contributed by atoms with E-state index in [1.807, 2.05) is 72.0 Å². The monoisotopic (exact) mass is 832 g/mol. The molecule has 10 heteroatoms. The molecule has 1 aromatic carbocycles. The van der Waals surface area contributed by atoms with E-state index in [0.717, 1.165) is 51.4 Å². The van der Waals surface area contributed by atoms with Crippen LogP contribution in [0.2, 0.25) is 0 Å². The number of aryl methyl sites for hydroxylation is 4. The van der Waals surface area contributed by atoms with E-state index in [1.54, 1.807) is 31.5 Å². The molecule has 0 fully saturated rings. The van der Waals surface area contributed by atoms with Crippen LogP contribution in [-0.2, 0) is 19.8 Å². The summed E-state index contributed by atoms with van der Waals surface area (Å²) in [5.74, 6) is 5.66. The Labute approximate surface area is 302 Å². The summed E-state index contributed by atoms with van der Waals surface area (Å²) in [4.78, 5) is 12.9. The first kappa shape index (κ1) is 38.3. The molecule has 0 spiro atoms. The fraction of sp³-hybridized carbons (Fsp3) is 0.256. The molecule has 0 unspecified atom stereocenters. The normalized spacial score (nSPS) is 10.0. The van der Waals surface area contributed by atoms with Crippen molar-refractivity contribution in [3.63, 3.8) is 0 Å². The minimum absolute atomic E-state index is 0. The second-order valence-corrected chi connectivity index (χ2v) is 11.3. The van der Waals surface area contributed by atoms with Crippen LogP contribution >= 0.6 is 0 Å². The third-order valence-electron chi connectivity index (χ3n) is 7.88. The number of hydrogen-bond acceptors (Lipinski definition) is 7. The number of pyridine rings is 3. The Morgan fingerprint density at radius 3 is 1.67 bits per heavy atom. The van der Waals surface area contributed by atoms with Gasteiger partial charge in [-0.2, -0.15) is 10.2 Å². The van der Waals surface area contributed by atoms with Gasteiger partial charge in [0.1, 0.15) is 12.4 Å². The quantitative estimate of drug-likeness (QED) is 0.126. The summed E-state index contributed by atoms with van der Waals surface area (Å²) in [6, 6.07) is 20.2. The number of hydrogen-bond donors (Lipinski definition) is 0. The van der Waals surface area contributed by atoms with Crippen LogP contribution < -0.4 is 9.47 Å². The third-order valence-corrected chi connectivity index (χ3v) is 7.88. The molecule has 0 aliphatic heterocycles. The van der Waals surface area contributed by atoms with Crippen molar-refractivity contribution >= 4 is 0 Å². The molecular weight excluding hydrogens is 789 g/mol. The van der Waals surface area contributed by atoms with E-state index in [1.165, 1.54) is 22.3 Å². The Morgan fingerprint density at radius 1 is 0.694 bits per heavy atom. The molecule has 0 amide bonds. The zero-order valence-electron chi connectivity index (χ0n) is 29.5. The Bertz CT molecular complexity index is 1950. The Morgan fingerprint density at radius 2 is 1.22 bits per heavy atom. The van der Waals surface area contributed by atoms with Gasteiger partial charge in [0.25, 0.3) is 0 Å². The Balaban J connectivity index is 0.000000198. The number of terminal acetylenes is 1. The summed E-state index contributed by atoms with van der Waals surface area (Å²) in [5.41, 5.74) is 10.9. The van der Waals surface area contributed by atoms with Crippen LogP contribution in [0, 0.1) is 73.8 Å². The van der Waals surface area contributed by atoms with E-state index >= 15 is 0 Å². The molecule has 0 saturated carbocycles. The second-order valence-electron chi connectivity index (χ2n) is 11.3. The van der Waals surface area contributed by atoms with Crippen molar-refractivity contribution in [2.24, 2.45) is 0 Å². The van der Waals surface area contributed by atoms with Gasteiger partial charge in [0.05, 0.1) is 18.5 Å². The number of rotatable bonds is 6. The molecule has 0 aliphatic rings. The molecule has 9 nitrogen and oxygen atoms in total. The van der Waals surface area contributed by atoms with Crippen molar-refractivity contribution in [3.8, 4) is 46.7 Å². The maximum absolute atomic E-state index is 5.36. The van der Waals surface area contributed by atoms with Gasteiger partial charge in [0, 0.05) is 35.7 Å². The molecule has 0 aliphatic carbocycles. The summed E-state index contributed by atoms with van der Waals surface area (Å²) in [7, 11) is 1.62. The van der Waals surface area contributed by atoms with E-state index in [9.17, 15) is 0 Å². The third kappa shape index (κ3) is 9.95. The Hall–Kier alpha value is -5.11. The van der Waals surface area contributed by atoms with Gasteiger partial charge in [-0.25, -0.2) is 19.3 Å². The predicted molar refractivity (Wildman–Crippen MR) is 190 cm³/mol. The minimum Gasteiger partial charge on any atom is -0.500 e. The van der Waals surface area contributed by atoms with Gasteiger partial charge < -0.3 is 14.5 Å². The predicted octanol–water partition coefficient (Wildman–Crippen LogP) is 7.57. The van der Waals surface area contributed by atoms with E-state index in [0.29, 0.717) is 5.75 Å². The maximum atomic E-state index is 5.36. The van der Waals surface area contributed by atoms with Crippen molar-refractivity contribution in [1.82, 2.24) is 34.5 Å².